The van der Waals surface area contributed by atoms with E-state index >= 15 is 0 Å². The first-order valence-corrected chi connectivity index (χ1v) is 8.74. The summed E-state index contributed by atoms with van der Waals surface area (Å²) in [6.45, 7) is 6.58. The Labute approximate surface area is 125 Å². The van der Waals surface area contributed by atoms with E-state index in [9.17, 15) is 13.2 Å². The summed E-state index contributed by atoms with van der Waals surface area (Å²) < 4.78 is 22.5. The number of halogens is 1. The van der Waals surface area contributed by atoms with Crippen molar-refractivity contribution < 1.29 is 13.2 Å². The zero-order chi connectivity index (χ0) is 15.5. The van der Waals surface area contributed by atoms with Crippen LogP contribution in [0.2, 0.25) is 0 Å². The van der Waals surface area contributed by atoms with Crippen molar-refractivity contribution in [3.63, 3.8) is 0 Å². The van der Waals surface area contributed by atoms with Gasteiger partial charge in [0.2, 0.25) is 0 Å². The number of carbonyl (C=O) groups is 1. The van der Waals surface area contributed by atoms with Crippen LogP contribution in [0.15, 0.2) is 23.1 Å². The van der Waals surface area contributed by atoms with Crippen LogP contribution in [0.1, 0.15) is 36.2 Å². The molecule has 0 aromatic heterocycles. The summed E-state index contributed by atoms with van der Waals surface area (Å²) in [6, 6.07) is 4.30. The van der Waals surface area contributed by atoms with E-state index in [1.165, 1.54) is 18.2 Å². The fourth-order valence-corrected chi connectivity index (χ4v) is 2.62. The summed E-state index contributed by atoms with van der Waals surface area (Å²) in [5.41, 5.74) is 1.11. The highest BCUT2D eigenvalue weighted by Crippen LogP contribution is 2.20. The molecule has 0 aliphatic heterocycles. The summed E-state index contributed by atoms with van der Waals surface area (Å²) in [5.74, 6) is 0.414. The third-order valence-corrected chi connectivity index (χ3v) is 4.45. The van der Waals surface area contributed by atoms with E-state index < -0.39 is 9.05 Å². The molecule has 0 aliphatic rings. The SMILES string of the molecule is Cc1cc(S(=O)(=O)Cl)ccc1C(=O)N(C)CCC(C)C. The lowest BCUT2D eigenvalue weighted by Crippen LogP contribution is -2.29. The Balaban J connectivity index is 2.95. The highest BCUT2D eigenvalue weighted by atomic mass is 35.7. The van der Waals surface area contributed by atoms with Gasteiger partial charge in [-0.05, 0) is 43.0 Å². The van der Waals surface area contributed by atoms with Crippen LogP contribution in [0.5, 0.6) is 0 Å². The normalized spacial score (nSPS) is 11.7. The molecule has 0 fully saturated rings. The van der Waals surface area contributed by atoms with Crippen molar-refractivity contribution in [1.82, 2.24) is 4.90 Å². The lowest BCUT2D eigenvalue weighted by molar-refractivity contribution is 0.0788. The van der Waals surface area contributed by atoms with Crippen LogP contribution in [0.4, 0.5) is 0 Å². The molecule has 0 heterocycles. The van der Waals surface area contributed by atoms with Crippen LogP contribution in [-0.2, 0) is 9.05 Å². The summed E-state index contributed by atoms with van der Waals surface area (Å²) in [7, 11) is 3.27. The number of amides is 1. The molecule has 0 saturated heterocycles. The van der Waals surface area contributed by atoms with Gasteiger partial charge >= 0.3 is 0 Å². The summed E-state index contributed by atoms with van der Waals surface area (Å²) >= 11 is 0. The van der Waals surface area contributed by atoms with Gasteiger partial charge in [0.05, 0.1) is 4.90 Å². The molecule has 0 saturated carbocycles. The lowest BCUT2D eigenvalue weighted by Gasteiger charge is -2.19. The van der Waals surface area contributed by atoms with E-state index in [0.717, 1.165) is 6.42 Å². The molecule has 1 rings (SSSR count). The van der Waals surface area contributed by atoms with Crippen LogP contribution in [0.3, 0.4) is 0 Å². The molecule has 1 aromatic carbocycles. The Hall–Kier alpha value is -1.07. The average Bonchev–Trinajstić information content (AvgIpc) is 2.33. The second-order valence-corrected chi connectivity index (χ2v) is 7.89. The van der Waals surface area contributed by atoms with Gasteiger partial charge in [0.25, 0.3) is 15.0 Å². The van der Waals surface area contributed by atoms with Crippen molar-refractivity contribution in [2.24, 2.45) is 5.92 Å². The smallest absolute Gasteiger partial charge is 0.261 e. The van der Waals surface area contributed by atoms with E-state index in [4.69, 9.17) is 10.7 Å². The summed E-state index contributed by atoms with van der Waals surface area (Å²) in [5, 5.41) is 0. The Morgan fingerprint density at radius 2 is 1.95 bits per heavy atom. The van der Waals surface area contributed by atoms with Gasteiger partial charge in [-0.2, -0.15) is 0 Å². The molecule has 6 heteroatoms. The molecule has 4 nitrogen and oxygen atoms in total. The number of rotatable bonds is 5. The molecule has 1 aromatic rings. The van der Waals surface area contributed by atoms with Crippen molar-refractivity contribution >= 4 is 25.6 Å². The number of hydrogen-bond acceptors (Lipinski definition) is 3. The van der Waals surface area contributed by atoms with Crippen molar-refractivity contribution in [3.05, 3.63) is 29.3 Å². The van der Waals surface area contributed by atoms with Gasteiger partial charge in [0, 0.05) is 29.8 Å². The van der Waals surface area contributed by atoms with Gasteiger partial charge in [-0.1, -0.05) is 13.8 Å². The number of nitrogens with zero attached hydrogens (tertiary/aromatic N) is 1. The molecule has 1 amide bonds. The molecular formula is C14H20ClNO3S. The second-order valence-electron chi connectivity index (χ2n) is 5.32. The third-order valence-electron chi connectivity index (χ3n) is 3.10. The van der Waals surface area contributed by atoms with E-state index in [2.05, 4.69) is 13.8 Å². The van der Waals surface area contributed by atoms with Crippen LogP contribution < -0.4 is 0 Å². The Morgan fingerprint density at radius 1 is 1.35 bits per heavy atom. The first kappa shape index (κ1) is 17.0. The zero-order valence-corrected chi connectivity index (χ0v) is 13.8. The summed E-state index contributed by atoms with van der Waals surface area (Å²) in [4.78, 5) is 13.9. The molecule has 20 heavy (non-hydrogen) atoms. The third kappa shape index (κ3) is 4.49. The minimum atomic E-state index is -3.76. The van der Waals surface area contributed by atoms with E-state index in [1.807, 2.05) is 0 Å². The van der Waals surface area contributed by atoms with Crippen molar-refractivity contribution in [1.29, 1.82) is 0 Å². The predicted octanol–water partition coefficient (Wildman–Crippen LogP) is 3.04. The maximum absolute atomic E-state index is 12.3. The van der Waals surface area contributed by atoms with Crippen molar-refractivity contribution in [2.45, 2.75) is 32.1 Å². The highest BCUT2D eigenvalue weighted by molar-refractivity contribution is 8.13. The molecule has 0 spiro atoms. The topological polar surface area (TPSA) is 54.5 Å². The van der Waals surface area contributed by atoms with Gasteiger partial charge in [0.1, 0.15) is 0 Å². The average molecular weight is 318 g/mol. The van der Waals surface area contributed by atoms with E-state index in [0.29, 0.717) is 23.6 Å². The molecule has 0 unspecified atom stereocenters. The first-order valence-electron chi connectivity index (χ1n) is 6.43. The fraction of sp³-hybridized carbons (Fsp3) is 0.500. The monoisotopic (exact) mass is 317 g/mol. The Morgan fingerprint density at radius 3 is 2.40 bits per heavy atom. The minimum Gasteiger partial charge on any atom is -0.342 e. The first-order chi connectivity index (χ1) is 9.12. The standard InChI is InChI=1S/C14H20ClNO3S/c1-10(2)7-8-16(4)14(17)13-6-5-12(9-11(13)3)20(15,18)19/h5-6,9-10H,7-8H2,1-4H3. The largest absolute Gasteiger partial charge is 0.342 e. The number of benzene rings is 1. The molecular weight excluding hydrogens is 298 g/mol. The van der Waals surface area contributed by atoms with Gasteiger partial charge in [-0.15, -0.1) is 0 Å². The maximum Gasteiger partial charge on any atom is 0.261 e. The molecule has 112 valence electrons. The zero-order valence-electron chi connectivity index (χ0n) is 12.2. The predicted molar refractivity (Wildman–Crippen MR) is 80.6 cm³/mol. The van der Waals surface area contributed by atoms with Gasteiger partial charge in [-0.25, -0.2) is 8.42 Å². The maximum atomic E-state index is 12.3. The van der Waals surface area contributed by atoms with Crippen molar-refractivity contribution in [2.75, 3.05) is 13.6 Å². The van der Waals surface area contributed by atoms with Crippen LogP contribution in [-0.4, -0.2) is 32.8 Å². The van der Waals surface area contributed by atoms with E-state index in [-0.39, 0.29) is 10.8 Å². The Bertz CT molecular complexity index is 596. The van der Waals surface area contributed by atoms with Crippen molar-refractivity contribution in [3.8, 4) is 0 Å². The van der Waals surface area contributed by atoms with Crippen LogP contribution >= 0.6 is 10.7 Å². The fourth-order valence-electron chi connectivity index (χ4n) is 1.79. The number of carbonyl (C=O) groups excluding carboxylic acids is 1. The summed E-state index contributed by atoms with van der Waals surface area (Å²) in [6.07, 6.45) is 0.926. The molecule has 0 atom stereocenters. The molecule has 0 N–H and O–H groups in total. The van der Waals surface area contributed by atoms with E-state index in [1.54, 1.807) is 18.9 Å². The van der Waals surface area contributed by atoms with Crippen LogP contribution in [0, 0.1) is 12.8 Å². The number of aryl methyl sites for hydroxylation is 1. The van der Waals surface area contributed by atoms with Gasteiger partial charge < -0.3 is 4.90 Å². The number of hydrogen-bond donors (Lipinski definition) is 0. The quantitative estimate of drug-likeness (QED) is 0.784. The Kier molecular flexibility index (Phi) is 5.59. The lowest BCUT2D eigenvalue weighted by atomic mass is 10.1. The van der Waals surface area contributed by atoms with Gasteiger partial charge in [-0.3, -0.25) is 4.79 Å². The molecule has 0 radical (unpaired) electrons. The minimum absolute atomic E-state index is 0.0121. The molecule has 0 bridgehead atoms. The van der Waals surface area contributed by atoms with Crippen LogP contribution in [0.25, 0.3) is 0 Å². The van der Waals surface area contributed by atoms with Gasteiger partial charge in [0.15, 0.2) is 0 Å². The highest BCUT2D eigenvalue weighted by Gasteiger charge is 2.17. The second kappa shape index (κ2) is 6.59. The molecule has 0 aliphatic carbocycles.